The molecule has 2 amide bonds. The van der Waals surface area contributed by atoms with Crippen LogP contribution in [0.25, 0.3) is 0 Å². The van der Waals surface area contributed by atoms with E-state index < -0.39 is 6.10 Å². The largest absolute Gasteiger partial charge is 0.480 e. The van der Waals surface area contributed by atoms with Crippen molar-refractivity contribution >= 4 is 23.2 Å². The number of para-hydroxylation sites is 2. The van der Waals surface area contributed by atoms with Gasteiger partial charge in [0.15, 0.2) is 6.10 Å². The summed E-state index contributed by atoms with van der Waals surface area (Å²) >= 11 is 0. The number of hydrogen-bond donors (Lipinski definition) is 2. The lowest BCUT2D eigenvalue weighted by atomic mass is 9.98. The Labute approximate surface area is 189 Å². The molecule has 5 heteroatoms. The van der Waals surface area contributed by atoms with Crippen LogP contribution in [-0.2, 0) is 4.79 Å². The molecule has 166 valence electrons. The van der Waals surface area contributed by atoms with E-state index in [1.807, 2.05) is 61.5 Å². The molecule has 0 spiro atoms. The molecule has 2 atom stereocenters. The molecule has 5 nitrogen and oxygen atoms in total. The van der Waals surface area contributed by atoms with Crippen LogP contribution in [0.2, 0.25) is 0 Å². The number of rotatable bonds is 9. The molecular weight excluding hydrogens is 400 g/mol. The van der Waals surface area contributed by atoms with E-state index >= 15 is 0 Å². The highest BCUT2D eigenvalue weighted by Gasteiger charge is 2.21. The fourth-order valence-corrected chi connectivity index (χ4v) is 3.38. The van der Waals surface area contributed by atoms with Crippen molar-refractivity contribution in [2.24, 2.45) is 0 Å². The lowest BCUT2D eigenvalue weighted by Crippen LogP contribution is -2.32. The quantitative estimate of drug-likeness (QED) is 0.422. The van der Waals surface area contributed by atoms with E-state index in [0.717, 1.165) is 17.7 Å². The lowest BCUT2D eigenvalue weighted by Gasteiger charge is -2.21. The van der Waals surface area contributed by atoms with Gasteiger partial charge in [-0.05, 0) is 60.7 Å². The van der Waals surface area contributed by atoms with Crippen LogP contribution in [0.5, 0.6) is 5.75 Å². The molecule has 0 aliphatic rings. The number of carbonyl (C=O) groups is 2. The Morgan fingerprint density at radius 1 is 0.812 bits per heavy atom. The van der Waals surface area contributed by atoms with Gasteiger partial charge < -0.3 is 15.4 Å². The zero-order chi connectivity index (χ0) is 22.9. The van der Waals surface area contributed by atoms with Crippen LogP contribution in [0.15, 0.2) is 78.9 Å². The topological polar surface area (TPSA) is 67.4 Å². The number of anilines is 2. The second kappa shape index (κ2) is 11.1. The zero-order valence-corrected chi connectivity index (χ0v) is 18.8. The summed E-state index contributed by atoms with van der Waals surface area (Å²) in [5, 5.41) is 5.74. The molecule has 0 saturated carbocycles. The second-order valence-electron chi connectivity index (χ2n) is 7.75. The van der Waals surface area contributed by atoms with Gasteiger partial charge in [-0.25, -0.2) is 0 Å². The molecule has 3 aromatic rings. The van der Waals surface area contributed by atoms with Gasteiger partial charge in [-0.1, -0.05) is 63.2 Å². The number of ether oxygens (including phenoxy) is 1. The molecule has 0 aromatic heterocycles. The van der Waals surface area contributed by atoms with Gasteiger partial charge in [0, 0.05) is 16.9 Å². The summed E-state index contributed by atoms with van der Waals surface area (Å²) in [6.07, 6.45) is 0.873. The van der Waals surface area contributed by atoms with Crippen molar-refractivity contribution in [3.05, 3.63) is 90.0 Å². The molecule has 0 aliphatic heterocycles. The average molecular weight is 431 g/mol. The number of hydrogen-bond acceptors (Lipinski definition) is 3. The fourth-order valence-electron chi connectivity index (χ4n) is 3.38. The summed E-state index contributed by atoms with van der Waals surface area (Å²) in [5.41, 5.74) is 2.82. The Hall–Kier alpha value is -3.60. The highest BCUT2D eigenvalue weighted by molar-refractivity contribution is 6.05. The number of benzene rings is 3. The SMILES string of the molecule is CCC(Oc1ccccc1C(C)CC)C(=O)Nc1cccc(C(=O)Nc2ccccc2)c1. The van der Waals surface area contributed by atoms with Gasteiger partial charge in [0.25, 0.3) is 11.8 Å². The maximum Gasteiger partial charge on any atom is 0.265 e. The minimum Gasteiger partial charge on any atom is -0.480 e. The van der Waals surface area contributed by atoms with Crippen molar-refractivity contribution in [1.29, 1.82) is 0 Å². The molecule has 3 aromatic carbocycles. The predicted octanol–water partition coefficient (Wildman–Crippen LogP) is 6.25. The Morgan fingerprint density at radius 2 is 1.50 bits per heavy atom. The molecule has 0 bridgehead atoms. The number of nitrogens with one attached hydrogen (secondary N) is 2. The van der Waals surface area contributed by atoms with E-state index in [0.29, 0.717) is 29.3 Å². The molecule has 0 aliphatic carbocycles. The van der Waals surface area contributed by atoms with Crippen LogP contribution in [-0.4, -0.2) is 17.9 Å². The van der Waals surface area contributed by atoms with E-state index in [4.69, 9.17) is 4.74 Å². The van der Waals surface area contributed by atoms with Crippen LogP contribution in [0, 0.1) is 0 Å². The summed E-state index contributed by atoms with van der Waals surface area (Å²) in [4.78, 5) is 25.5. The molecular formula is C27H30N2O3. The molecule has 0 radical (unpaired) electrons. The van der Waals surface area contributed by atoms with E-state index in [9.17, 15) is 9.59 Å². The number of amides is 2. The first-order valence-corrected chi connectivity index (χ1v) is 11.0. The Kier molecular flexibility index (Phi) is 8.03. The summed E-state index contributed by atoms with van der Waals surface area (Å²) in [6, 6.07) is 24.0. The van der Waals surface area contributed by atoms with Crippen molar-refractivity contribution in [1.82, 2.24) is 0 Å². The second-order valence-corrected chi connectivity index (χ2v) is 7.75. The van der Waals surface area contributed by atoms with Crippen molar-refractivity contribution in [3.63, 3.8) is 0 Å². The van der Waals surface area contributed by atoms with Gasteiger partial charge in [-0.15, -0.1) is 0 Å². The Bertz CT molecular complexity index is 1050. The molecule has 0 fully saturated rings. The summed E-state index contributed by atoms with van der Waals surface area (Å²) < 4.78 is 6.12. The summed E-state index contributed by atoms with van der Waals surface area (Å²) in [5.74, 6) is 0.594. The van der Waals surface area contributed by atoms with Gasteiger partial charge in [0.05, 0.1) is 0 Å². The first kappa shape index (κ1) is 23.1. The minimum atomic E-state index is -0.637. The Morgan fingerprint density at radius 3 is 2.22 bits per heavy atom. The van der Waals surface area contributed by atoms with Crippen LogP contribution in [0.1, 0.15) is 55.5 Å². The van der Waals surface area contributed by atoms with Crippen molar-refractivity contribution in [2.45, 2.75) is 45.6 Å². The van der Waals surface area contributed by atoms with Gasteiger partial charge in [0.2, 0.25) is 0 Å². The summed E-state index contributed by atoms with van der Waals surface area (Å²) in [6.45, 7) is 6.20. The maximum atomic E-state index is 12.9. The average Bonchev–Trinajstić information content (AvgIpc) is 2.83. The highest BCUT2D eigenvalue weighted by Crippen LogP contribution is 2.29. The van der Waals surface area contributed by atoms with Crippen molar-refractivity contribution in [2.75, 3.05) is 10.6 Å². The monoisotopic (exact) mass is 430 g/mol. The van der Waals surface area contributed by atoms with Crippen molar-refractivity contribution in [3.8, 4) is 5.75 Å². The smallest absolute Gasteiger partial charge is 0.265 e. The third kappa shape index (κ3) is 5.97. The molecule has 32 heavy (non-hydrogen) atoms. The summed E-state index contributed by atoms with van der Waals surface area (Å²) in [7, 11) is 0. The molecule has 0 heterocycles. The molecule has 3 rings (SSSR count). The highest BCUT2D eigenvalue weighted by atomic mass is 16.5. The van der Waals surface area contributed by atoms with Gasteiger partial charge in [0.1, 0.15) is 5.75 Å². The van der Waals surface area contributed by atoms with Gasteiger partial charge in [-0.3, -0.25) is 9.59 Å². The first-order valence-electron chi connectivity index (χ1n) is 11.0. The third-order valence-electron chi connectivity index (χ3n) is 5.42. The molecule has 0 saturated heterocycles. The molecule has 2 unspecified atom stereocenters. The van der Waals surface area contributed by atoms with Gasteiger partial charge in [-0.2, -0.15) is 0 Å². The van der Waals surface area contributed by atoms with E-state index in [2.05, 4.69) is 24.5 Å². The zero-order valence-electron chi connectivity index (χ0n) is 18.8. The normalized spacial score (nSPS) is 12.5. The Balaban J connectivity index is 1.69. The van der Waals surface area contributed by atoms with Crippen LogP contribution < -0.4 is 15.4 Å². The minimum absolute atomic E-state index is 0.238. The van der Waals surface area contributed by atoms with Crippen LogP contribution in [0.4, 0.5) is 11.4 Å². The molecule has 2 N–H and O–H groups in total. The number of carbonyl (C=O) groups excluding carboxylic acids is 2. The predicted molar refractivity (Wildman–Crippen MR) is 129 cm³/mol. The fraction of sp³-hybridized carbons (Fsp3) is 0.259. The first-order chi connectivity index (χ1) is 15.5. The van der Waals surface area contributed by atoms with E-state index in [-0.39, 0.29) is 11.8 Å². The lowest BCUT2D eigenvalue weighted by molar-refractivity contribution is -0.122. The standard InChI is InChI=1S/C27H30N2O3/c1-4-19(3)23-16-9-10-17-25(23)32-24(5-2)27(31)29-22-15-11-12-20(18-22)26(30)28-21-13-7-6-8-14-21/h6-19,24H,4-5H2,1-3H3,(H,28,30)(H,29,31). The maximum absolute atomic E-state index is 12.9. The van der Waals surface area contributed by atoms with E-state index in [1.165, 1.54) is 0 Å². The third-order valence-corrected chi connectivity index (χ3v) is 5.42. The van der Waals surface area contributed by atoms with Gasteiger partial charge >= 0.3 is 0 Å². The van der Waals surface area contributed by atoms with E-state index in [1.54, 1.807) is 24.3 Å². The van der Waals surface area contributed by atoms with Crippen LogP contribution in [0.3, 0.4) is 0 Å². The van der Waals surface area contributed by atoms with Crippen molar-refractivity contribution < 1.29 is 14.3 Å². The van der Waals surface area contributed by atoms with Crippen LogP contribution >= 0.6 is 0 Å².